The third-order valence-electron chi connectivity index (χ3n) is 3.49. The van der Waals surface area contributed by atoms with Crippen LogP contribution in [0.5, 0.6) is 0 Å². The van der Waals surface area contributed by atoms with Crippen LogP contribution >= 0.6 is 12.2 Å². The first-order chi connectivity index (χ1) is 10.6. The number of aryl methyl sites for hydroxylation is 1. The van der Waals surface area contributed by atoms with Crippen LogP contribution in [-0.2, 0) is 6.42 Å². The van der Waals surface area contributed by atoms with Crippen LogP contribution < -0.4 is 10.6 Å². The van der Waals surface area contributed by atoms with Crippen LogP contribution in [0.3, 0.4) is 0 Å². The summed E-state index contributed by atoms with van der Waals surface area (Å²) in [5.41, 5.74) is 2.87. The van der Waals surface area contributed by atoms with Gasteiger partial charge in [-0.05, 0) is 48.8 Å². The van der Waals surface area contributed by atoms with Crippen molar-refractivity contribution in [1.82, 2.24) is 5.32 Å². The molecule has 22 heavy (non-hydrogen) atoms. The summed E-state index contributed by atoms with van der Waals surface area (Å²) in [6, 6.07) is 15.0. The molecule has 0 saturated carbocycles. The molecule has 2 N–H and O–H groups in total. The van der Waals surface area contributed by atoms with E-state index >= 15 is 0 Å². The maximum Gasteiger partial charge on any atom is 0.171 e. The number of hydrogen-bond donors (Lipinski definition) is 2. The predicted molar refractivity (Wildman–Crippen MR) is 94.6 cm³/mol. The first-order valence-corrected chi connectivity index (χ1v) is 7.92. The van der Waals surface area contributed by atoms with E-state index in [0.29, 0.717) is 10.8 Å². The summed E-state index contributed by atoms with van der Waals surface area (Å²) in [6.07, 6.45) is 2.24. The molecule has 0 aromatic heterocycles. The molecule has 1 atom stereocenters. The Hall–Kier alpha value is -1.94. The third kappa shape index (κ3) is 4.53. The fraction of sp³-hybridized carbons (Fsp3) is 0.278. The van der Waals surface area contributed by atoms with Crippen molar-refractivity contribution in [2.24, 2.45) is 0 Å². The first-order valence-electron chi connectivity index (χ1n) is 7.51. The Morgan fingerprint density at radius 1 is 1.14 bits per heavy atom. The molecule has 0 bridgehead atoms. The summed E-state index contributed by atoms with van der Waals surface area (Å²) in [4.78, 5) is 0. The van der Waals surface area contributed by atoms with Gasteiger partial charge in [0.05, 0.1) is 11.7 Å². The Balaban J connectivity index is 1.94. The van der Waals surface area contributed by atoms with Crippen LogP contribution in [0.2, 0.25) is 0 Å². The molecule has 2 rings (SSSR count). The Labute approximate surface area is 136 Å². The van der Waals surface area contributed by atoms with Crippen LogP contribution in [0.1, 0.15) is 37.4 Å². The summed E-state index contributed by atoms with van der Waals surface area (Å²) in [5, 5.41) is 6.48. The van der Waals surface area contributed by atoms with Crippen molar-refractivity contribution in [1.29, 1.82) is 0 Å². The molecule has 0 radical (unpaired) electrons. The Bertz CT molecular complexity index is 625. The van der Waals surface area contributed by atoms with Crippen molar-refractivity contribution in [3.63, 3.8) is 0 Å². The molecule has 116 valence electrons. The second-order valence-corrected chi connectivity index (χ2v) is 5.70. The topological polar surface area (TPSA) is 24.1 Å². The minimum absolute atomic E-state index is 0.0578. The molecule has 2 nitrogen and oxygen atoms in total. The van der Waals surface area contributed by atoms with Crippen molar-refractivity contribution < 1.29 is 4.39 Å². The quantitative estimate of drug-likeness (QED) is 0.773. The molecule has 0 aliphatic rings. The minimum atomic E-state index is -0.316. The predicted octanol–water partition coefficient (Wildman–Crippen LogP) is 4.83. The highest BCUT2D eigenvalue weighted by atomic mass is 32.1. The summed E-state index contributed by atoms with van der Waals surface area (Å²) in [7, 11) is 0. The third-order valence-corrected chi connectivity index (χ3v) is 3.71. The van der Waals surface area contributed by atoms with Crippen molar-refractivity contribution in [2.75, 3.05) is 5.32 Å². The summed E-state index contributed by atoms with van der Waals surface area (Å²) in [6.45, 7) is 4.20. The van der Waals surface area contributed by atoms with E-state index in [1.807, 2.05) is 6.92 Å². The van der Waals surface area contributed by atoms with E-state index in [1.165, 1.54) is 11.6 Å². The zero-order valence-corrected chi connectivity index (χ0v) is 13.7. The van der Waals surface area contributed by atoms with Crippen molar-refractivity contribution in [3.05, 3.63) is 65.5 Å². The number of anilines is 1. The molecule has 0 amide bonds. The Morgan fingerprint density at radius 3 is 2.45 bits per heavy atom. The highest BCUT2D eigenvalue weighted by Gasteiger charge is 2.08. The zero-order chi connectivity index (χ0) is 15.9. The van der Waals surface area contributed by atoms with Gasteiger partial charge in [-0.15, -0.1) is 0 Å². The highest BCUT2D eigenvalue weighted by molar-refractivity contribution is 7.80. The number of rotatable bonds is 5. The number of para-hydroxylation sites is 1. The lowest BCUT2D eigenvalue weighted by Gasteiger charge is -2.18. The fourth-order valence-corrected chi connectivity index (χ4v) is 2.55. The van der Waals surface area contributed by atoms with Crippen molar-refractivity contribution in [3.8, 4) is 0 Å². The van der Waals surface area contributed by atoms with Crippen molar-refractivity contribution in [2.45, 2.75) is 32.7 Å². The molecule has 0 spiro atoms. The molecule has 2 aromatic rings. The number of thiocarbonyl (C=S) groups is 1. The largest absolute Gasteiger partial charge is 0.356 e. The van der Waals surface area contributed by atoms with Crippen LogP contribution in [-0.4, -0.2) is 5.11 Å². The van der Waals surface area contributed by atoms with Gasteiger partial charge in [0.15, 0.2) is 5.11 Å². The molecule has 0 aliphatic carbocycles. The van der Waals surface area contributed by atoms with E-state index in [-0.39, 0.29) is 11.9 Å². The van der Waals surface area contributed by atoms with E-state index in [4.69, 9.17) is 12.2 Å². The molecule has 0 aliphatic heterocycles. The van der Waals surface area contributed by atoms with E-state index in [2.05, 4.69) is 41.8 Å². The molecule has 2 aromatic carbocycles. The SMILES string of the molecule is CCCc1ccc(C(C)NC(=S)Nc2ccccc2F)cc1. The number of halogens is 1. The fourth-order valence-electron chi connectivity index (χ4n) is 2.26. The average Bonchev–Trinajstić information content (AvgIpc) is 2.50. The molecule has 0 saturated heterocycles. The number of benzene rings is 2. The second-order valence-electron chi connectivity index (χ2n) is 5.29. The molecule has 0 heterocycles. The van der Waals surface area contributed by atoms with Gasteiger partial charge in [0.1, 0.15) is 5.82 Å². The van der Waals surface area contributed by atoms with Gasteiger partial charge in [-0.1, -0.05) is 49.7 Å². The molecular weight excluding hydrogens is 295 g/mol. The maximum absolute atomic E-state index is 13.6. The van der Waals surface area contributed by atoms with E-state index in [9.17, 15) is 4.39 Å². The molecule has 0 fully saturated rings. The van der Waals surface area contributed by atoms with E-state index in [1.54, 1.807) is 18.2 Å². The van der Waals surface area contributed by atoms with Gasteiger partial charge >= 0.3 is 0 Å². The van der Waals surface area contributed by atoms with Crippen molar-refractivity contribution >= 4 is 23.0 Å². The highest BCUT2D eigenvalue weighted by Crippen LogP contribution is 2.16. The van der Waals surface area contributed by atoms with Gasteiger partial charge in [0.25, 0.3) is 0 Å². The zero-order valence-electron chi connectivity index (χ0n) is 12.9. The van der Waals surface area contributed by atoms with Crippen LogP contribution in [0, 0.1) is 5.82 Å². The smallest absolute Gasteiger partial charge is 0.171 e. The lowest BCUT2D eigenvalue weighted by atomic mass is 10.0. The lowest BCUT2D eigenvalue weighted by Crippen LogP contribution is -2.31. The molecule has 1 unspecified atom stereocenters. The second kappa shape index (κ2) is 7.90. The Morgan fingerprint density at radius 2 is 1.82 bits per heavy atom. The molecule has 4 heteroatoms. The number of nitrogens with one attached hydrogen (secondary N) is 2. The number of hydrogen-bond acceptors (Lipinski definition) is 1. The van der Waals surface area contributed by atoms with Crippen LogP contribution in [0.4, 0.5) is 10.1 Å². The van der Waals surface area contributed by atoms with Gasteiger partial charge in [-0.3, -0.25) is 0 Å². The summed E-state index contributed by atoms with van der Waals surface area (Å²) in [5.74, 6) is -0.316. The van der Waals surface area contributed by atoms with Gasteiger partial charge in [-0.2, -0.15) is 0 Å². The first kappa shape index (κ1) is 16.4. The van der Waals surface area contributed by atoms with Gasteiger partial charge < -0.3 is 10.6 Å². The summed E-state index contributed by atoms with van der Waals surface area (Å²) >= 11 is 5.25. The minimum Gasteiger partial charge on any atom is -0.356 e. The average molecular weight is 316 g/mol. The van der Waals surface area contributed by atoms with Gasteiger partial charge in [0.2, 0.25) is 0 Å². The maximum atomic E-state index is 13.6. The van der Waals surface area contributed by atoms with Crippen LogP contribution in [0.15, 0.2) is 48.5 Å². The monoisotopic (exact) mass is 316 g/mol. The van der Waals surface area contributed by atoms with E-state index in [0.717, 1.165) is 18.4 Å². The van der Waals surface area contributed by atoms with Crippen LogP contribution in [0.25, 0.3) is 0 Å². The van der Waals surface area contributed by atoms with E-state index < -0.39 is 0 Å². The van der Waals surface area contributed by atoms with Gasteiger partial charge in [0, 0.05) is 0 Å². The summed E-state index contributed by atoms with van der Waals surface area (Å²) < 4.78 is 13.6. The molecular formula is C18H21FN2S. The normalized spacial score (nSPS) is 11.8. The lowest BCUT2D eigenvalue weighted by molar-refractivity contribution is 0.631. The van der Waals surface area contributed by atoms with Gasteiger partial charge in [-0.25, -0.2) is 4.39 Å². The standard InChI is InChI=1S/C18H21FN2S/c1-3-6-14-9-11-15(12-10-14)13(2)20-18(22)21-17-8-5-4-7-16(17)19/h4-5,7-13H,3,6H2,1-2H3,(H2,20,21,22). The Kier molecular flexibility index (Phi) is 5.90.